The molecule has 12 rings (SSSR count). The van der Waals surface area contributed by atoms with Crippen molar-refractivity contribution in [2.24, 2.45) is 71.0 Å². The minimum Gasteiger partial charge on any atom is -0.372 e. The van der Waals surface area contributed by atoms with Crippen LogP contribution in [0.4, 0.5) is 0 Å². The Bertz CT molecular complexity index is 1570. The Hall–Kier alpha value is -0.760. The molecule has 3 aliphatic heterocycles. The number of likely N-dealkylation sites (tertiary alicyclic amines) is 2. The fraction of sp³-hybridized carbons (Fsp3) is 0.930. The van der Waals surface area contributed by atoms with E-state index >= 15 is 0 Å². The third-order valence-corrected chi connectivity index (χ3v) is 22.5. The van der Waals surface area contributed by atoms with Crippen molar-refractivity contribution < 1.29 is 15.8 Å². The summed E-state index contributed by atoms with van der Waals surface area (Å²) in [7, 11) is 0. The van der Waals surface area contributed by atoms with Crippen LogP contribution in [0.5, 0.6) is 0 Å². The molecule has 0 aromatic heterocycles. The number of ether oxygens (including phenoxy) is 1. The third-order valence-electron chi connectivity index (χ3n) is 22.5. The summed E-state index contributed by atoms with van der Waals surface area (Å²) in [5.41, 5.74) is 5.09. The molecule has 0 radical (unpaired) electrons. The highest BCUT2D eigenvalue weighted by atomic mass is 16.5. The van der Waals surface area contributed by atoms with Crippen molar-refractivity contribution in [3.63, 3.8) is 0 Å². The van der Waals surface area contributed by atoms with Gasteiger partial charge in [0.05, 0.1) is 18.8 Å². The molecule has 3 saturated heterocycles. The molecule has 6 nitrogen and oxygen atoms in total. The summed E-state index contributed by atoms with van der Waals surface area (Å²) in [4.78, 5) is 6.42. The molecule has 19 atom stereocenters. The number of hydrogen-bond acceptors (Lipinski definition) is 4. The largest absolute Gasteiger partial charge is 0.372 e. The van der Waals surface area contributed by atoms with Gasteiger partial charge in [0.2, 0.25) is 6.29 Å². The van der Waals surface area contributed by atoms with E-state index < -0.39 is 0 Å². The third kappa shape index (κ3) is 8.37. The van der Waals surface area contributed by atoms with Crippen LogP contribution in [-0.4, -0.2) is 71.2 Å². The van der Waals surface area contributed by atoms with Crippen LogP contribution in [0, 0.1) is 71.0 Å². The van der Waals surface area contributed by atoms with Gasteiger partial charge in [0.1, 0.15) is 6.17 Å². The maximum atomic E-state index is 7.90. The molecule has 0 bridgehead atoms. The van der Waals surface area contributed by atoms with Crippen LogP contribution in [-0.2, 0) is 4.74 Å². The Morgan fingerprint density at radius 3 is 1.95 bits per heavy atom. The summed E-state index contributed by atoms with van der Waals surface area (Å²) in [6.07, 6.45) is 57.1. The zero-order chi connectivity index (χ0) is 41.9. The summed E-state index contributed by atoms with van der Waals surface area (Å²) in [6, 6.07) is 3.70. The molecular formula is C57H95N5O+2. The molecule has 9 aliphatic carbocycles. The molecule has 7 saturated carbocycles. The van der Waals surface area contributed by atoms with Gasteiger partial charge in [-0.3, -0.25) is 4.90 Å². The Balaban J connectivity index is 0.782. The van der Waals surface area contributed by atoms with Crippen molar-refractivity contribution in [2.45, 2.75) is 254 Å². The molecule has 63 heavy (non-hydrogen) atoms. The average molecular weight is 866 g/mol. The maximum absolute atomic E-state index is 7.90. The average Bonchev–Trinajstić information content (AvgIpc) is 4.02. The molecule has 6 N–H and O–H groups in total. The van der Waals surface area contributed by atoms with Crippen molar-refractivity contribution in [1.29, 1.82) is 0 Å². The smallest absolute Gasteiger partial charge is 0.204 e. The lowest BCUT2D eigenvalue weighted by Gasteiger charge is -2.48. The van der Waals surface area contributed by atoms with Gasteiger partial charge in [-0.15, -0.1) is 0 Å². The maximum Gasteiger partial charge on any atom is 0.204 e. The summed E-state index contributed by atoms with van der Waals surface area (Å²) in [6.45, 7) is 1.24. The Morgan fingerprint density at radius 1 is 0.540 bits per heavy atom. The van der Waals surface area contributed by atoms with E-state index in [1.54, 1.807) is 0 Å². The Kier molecular flexibility index (Phi) is 13.3. The quantitative estimate of drug-likeness (QED) is 0.151. The lowest BCUT2D eigenvalue weighted by molar-refractivity contribution is -0.727. The zero-order valence-corrected chi connectivity index (χ0v) is 40.1. The van der Waals surface area contributed by atoms with Crippen LogP contribution in [0.1, 0.15) is 199 Å². The van der Waals surface area contributed by atoms with Gasteiger partial charge in [0.25, 0.3) is 0 Å². The summed E-state index contributed by atoms with van der Waals surface area (Å²) >= 11 is 0. The number of quaternary nitrogens is 2. The van der Waals surface area contributed by atoms with Crippen LogP contribution < -0.4 is 16.4 Å². The van der Waals surface area contributed by atoms with E-state index in [0.717, 1.165) is 83.2 Å². The highest BCUT2D eigenvalue weighted by Crippen LogP contribution is 2.58. The molecule has 0 spiro atoms. The molecule has 0 amide bonds. The number of hydrogen-bond donors (Lipinski definition) is 3. The van der Waals surface area contributed by atoms with Gasteiger partial charge in [-0.1, -0.05) is 133 Å². The molecule has 12 aliphatic rings. The summed E-state index contributed by atoms with van der Waals surface area (Å²) in [5.74, 6) is 10.2. The zero-order valence-electron chi connectivity index (χ0n) is 40.1. The molecular weight excluding hydrogens is 771 g/mol. The molecule has 3 heterocycles. The summed E-state index contributed by atoms with van der Waals surface area (Å²) < 4.78 is 7.90. The first-order valence-electron chi connectivity index (χ1n) is 29.1. The first-order chi connectivity index (χ1) is 31.2. The number of rotatable bonds is 10. The first kappa shape index (κ1) is 43.5. The minimum atomic E-state index is 0.350. The number of nitrogens with one attached hydrogen (secondary N) is 1. The van der Waals surface area contributed by atoms with Crippen molar-refractivity contribution in [3.8, 4) is 0 Å². The van der Waals surface area contributed by atoms with E-state index in [-0.39, 0.29) is 0 Å². The molecule has 10 fully saturated rings. The van der Waals surface area contributed by atoms with Gasteiger partial charge >= 0.3 is 0 Å². The van der Waals surface area contributed by atoms with Gasteiger partial charge in [0.15, 0.2) is 0 Å². The Morgan fingerprint density at radius 2 is 1.16 bits per heavy atom. The topological polar surface area (TPSA) is 72.0 Å². The van der Waals surface area contributed by atoms with E-state index in [2.05, 4.69) is 44.7 Å². The van der Waals surface area contributed by atoms with E-state index in [0.29, 0.717) is 42.7 Å². The van der Waals surface area contributed by atoms with Gasteiger partial charge in [-0.2, -0.15) is 0 Å². The SMILES string of the molecule is [NH3+]C(NC([NH2+]CC1CCCC2C3CCC4C5C=CCCC5N(C5CCCC(C6CCCCC6)C5)C4C3OC12)N1C2CCC=CC2C2CCCCC21)C1CCCC(C2CCCCC2)C1. The molecule has 6 heteroatoms. The van der Waals surface area contributed by atoms with Crippen molar-refractivity contribution in [1.82, 2.24) is 15.1 Å². The number of nitrogens with zero attached hydrogens (tertiary/aromatic N) is 2. The fourth-order valence-electron chi connectivity index (χ4n) is 19.8. The monoisotopic (exact) mass is 866 g/mol. The Labute approximate surface area is 385 Å². The van der Waals surface area contributed by atoms with Crippen molar-refractivity contribution in [3.05, 3.63) is 24.3 Å². The minimum absolute atomic E-state index is 0.350. The van der Waals surface area contributed by atoms with Gasteiger partial charge in [-0.25, -0.2) is 10.2 Å². The van der Waals surface area contributed by atoms with Crippen LogP contribution in [0.3, 0.4) is 0 Å². The molecule has 0 aromatic rings. The van der Waals surface area contributed by atoms with E-state index in [9.17, 15) is 0 Å². The summed E-state index contributed by atoms with van der Waals surface area (Å²) in [5, 5.41) is 7.37. The highest BCUT2D eigenvalue weighted by Gasteiger charge is 2.62. The number of fused-ring (bicyclic) bond motifs is 10. The van der Waals surface area contributed by atoms with E-state index in [4.69, 9.17) is 10.5 Å². The van der Waals surface area contributed by atoms with Crippen molar-refractivity contribution in [2.75, 3.05) is 6.54 Å². The van der Waals surface area contributed by atoms with Gasteiger partial charge in [0, 0.05) is 42.0 Å². The molecule has 19 unspecified atom stereocenters. The van der Waals surface area contributed by atoms with Crippen LogP contribution in [0.2, 0.25) is 0 Å². The van der Waals surface area contributed by atoms with E-state index in [1.807, 2.05) is 0 Å². The van der Waals surface area contributed by atoms with Crippen LogP contribution >= 0.6 is 0 Å². The standard InChI is InChI=1S/C57H93N5O/c58-56(41-22-13-20-39(34-41)37-16-3-1-4-17-37)60-57(62-51-30-11-7-25-44(51)45-26-8-12-31-52(45)62)59-36-42-23-15-28-48-49-33-32-47-46-27-9-10-29-50(46)61(53(47)55(49)63-54(42)48)43-24-14-21-40(35-43)38-18-5-2-6-19-38/h7,9,25,27,37-57,59-60H,1-6,8,10-24,26,28-36,58H2/p+2. The van der Waals surface area contributed by atoms with Gasteiger partial charge in [-0.05, 0) is 149 Å². The molecule has 0 aromatic carbocycles. The normalized spacial score (nSPS) is 48.1. The van der Waals surface area contributed by atoms with Gasteiger partial charge < -0.3 is 15.8 Å². The van der Waals surface area contributed by atoms with Crippen molar-refractivity contribution >= 4 is 0 Å². The fourth-order valence-corrected chi connectivity index (χ4v) is 19.8. The highest BCUT2D eigenvalue weighted by molar-refractivity contribution is 5.18. The second-order valence-corrected chi connectivity index (χ2v) is 25.3. The van der Waals surface area contributed by atoms with Crippen LogP contribution in [0.25, 0.3) is 0 Å². The van der Waals surface area contributed by atoms with Crippen LogP contribution in [0.15, 0.2) is 24.3 Å². The second kappa shape index (κ2) is 19.3. The number of allylic oxidation sites excluding steroid dienone is 2. The van der Waals surface area contributed by atoms with E-state index in [1.165, 1.54) is 206 Å². The number of nitrogens with two attached hydrogens (primary N) is 1. The predicted octanol–water partition coefficient (Wildman–Crippen LogP) is 9.95. The first-order valence-corrected chi connectivity index (χ1v) is 29.1. The molecule has 352 valence electrons. The lowest BCUT2D eigenvalue weighted by atomic mass is 9.65. The predicted molar refractivity (Wildman–Crippen MR) is 255 cm³/mol. The lowest BCUT2D eigenvalue weighted by Crippen LogP contribution is -3.00. The second-order valence-electron chi connectivity index (χ2n) is 25.3.